The van der Waals surface area contributed by atoms with Gasteiger partial charge in [0, 0.05) is 71.8 Å². The van der Waals surface area contributed by atoms with Crippen molar-refractivity contribution in [3.8, 4) is 44.8 Å². The number of aliphatic hydroxyl groups excluding tert-OH is 4. The molecule has 0 bridgehead atoms. The summed E-state index contributed by atoms with van der Waals surface area (Å²) in [5.74, 6) is -5.56. The van der Waals surface area contributed by atoms with Crippen molar-refractivity contribution in [3.05, 3.63) is 203 Å². The number of carbonyl (C=O) groups is 4. The Balaban J connectivity index is 0.000000286. The Bertz CT molecular complexity index is 3480. The molecule has 0 saturated heterocycles. The van der Waals surface area contributed by atoms with E-state index in [4.69, 9.17) is 0 Å². The van der Waals surface area contributed by atoms with Crippen LogP contribution in [0.4, 0.5) is 46.5 Å². The van der Waals surface area contributed by atoms with Gasteiger partial charge in [0.25, 0.3) is 11.8 Å². The topological polar surface area (TPSA) is 229 Å². The van der Waals surface area contributed by atoms with E-state index in [0.29, 0.717) is 56.2 Å². The zero-order valence-corrected chi connectivity index (χ0v) is 52.2. The molecule has 0 saturated carbocycles. The molecule has 14 nitrogen and oxygen atoms in total. The first-order chi connectivity index (χ1) is 42.5. The molecular weight excluding hydrogens is 1220 g/mol. The first-order valence-electron chi connectivity index (χ1n) is 28.8. The minimum Gasteiger partial charge on any atom is -0.550 e. The molecule has 476 valence electrons. The van der Waals surface area contributed by atoms with Gasteiger partial charge in [-0.1, -0.05) is 88.4 Å². The number of carboxylic acids is 2. The number of carboxylic acid groups (broad SMARTS) is 2. The number of hydrogen-bond acceptors (Lipinski definition) is 10. The standard InChI is InChI=1S/2C34H34F4N2O5.Ca/c2*1-20(2)31-30(33(45)39-25-14-10-23(11-15-25)34(36,37)38)29(21-6-4-3-5-7-21)32(22-8-12-24(35)13-9-22)40(31)17-16-26(41)18-27(42)19-28(43)44;/h2*3-15,20,26-27,41-42H,16-19H2,1-2H3,(H,39,45)(H,43,44);/q;;+2/p-2/t2*26-,27-;/m11./s1. The van der Waals surface area contributed by atoms with Crippen molar-refractivity contribution in [2.45, 2.75) is 128 Å². The third-order valence-corrected chi connectivity index (χ3v) is 14.7. The molecular formula is C68H66CaF8N4O10. The van der Waals surface area contributed by atoms with E-state index in [1.165, 1.54) is 48.5 Å². The van der Waals surface area contributed by atoms with Gasteiger partial charge >= 0.3 is 50.1 Å². The van der Waals surface area contributed by atoms with Gasteiger partial charge in [0.2, 0.25) is 0 Å². The molecule has 8 rings (SSSR count). The van der Waals surface area contributed by atoms with Crippen LogP contribution in [0, 0.1) is 11.6 Å². The Labute approximate surface area is 549 Å². The van der Waals surface area contributed by atoms with Crippen LogP contribution >= 0.6 is 0 Å². The van der Waals surface area contributed by atoms with Crippen molar-refractivity contribution in [2.75, 3.05) is 10.6 Å². The molecule has 4 atom stereocenters. The molecule has 8 aromatic rings. The van der Waals surface area contributed by atoms with E-state index in [0.717, 1.165) is 24.3 Å². The van der Waals surface area contributed by atoms with Crippen LogP contribution in [0.2, 0.25) is 0 Å². The van der Waals surface area contributed by atoms with Gasteiger partial charge in [0.15, 0.2) is 0 Å². The average molecular weight is 1290 g/mol. The van der Waals surface area contributed by atoms with Crippen LogP contribution in [0.1, 0.15) is 121 Å². The first kappa shape index (κ1) is 72.4. The number of alkyl halides is 6. The number of benzene rings is 6. The number of hydrogen-bond donors (Lipinski definition) is 6. The summed E-state index contributed by atoms with van der Waals surface area (Å²) in [6.07, 6.45) is -15.5. The average Bonchev–Trinajstić information content (AvgIpc) is 1.60. The van der Waals surface area contributed by atoms with Gasteiger partial charge in [0.05, 0.1) is 58.1 Å². The van der Waals surface area contributed by atoms with E-state index in [1.54, 1.807) is 84.9 Å². The number of rotatable bonds is 24. The molecule has 0 unspecified atom stereocenters. The monoisotopic (exact) mass is 1290 g/mol. The molecule has 0 aliphatic rings. The van der Waals surface area contributed by atoms with Crippen LogP contribution in [0.5, 0.6) is 0 Å². The van der Waals surface area contributed by atoms with Crippen molar-refractivity contribution in [1.82, 2.24) is 9.13 Å². The van der Waals surface area contributed by atoms with Gasteiger partial charge in [-0.25, -0.2) is 8.78 Å². The predicted molar refractivity (Wildman–Crippen MR) is 325 cm³/mol. The smallest absolute Gasteiger partial charge is 0.550 e. The second kappa shape index (κ2) is 32.0. The molecule has 6 aromatic carbocycles. The minimum absolute atomic E-state index is 0. The number of carbonyl (C=O) groups excluding carboxylic acids is 4. The third-order valence-electron chi connectivity index (χ3n) is 14.7. The number of aliphatic hydroxyl groups is 4. The summed E-state index contributed by atoms with van der Waals surface area (Å²) in [5, 5.41) is 68.7. The summed E-state index contributed by atoms with van der Waals surface area (Å²) < 4.78 is 111. The molecule has 0 aliphatic carbocycles. The summed E-state index contributed by atoms with van der Waals surface area (Å²) in [5.41, 5.74) is 4.73. The van der Waals surface area contributed by atoms with Crippen molar-refractivity contribution < 1.29 is 84.9 Å². The summed E-state index contributed by atoms with van der Waals surface area (Å²) >= 11 is 0. The molecule has 91 heavy (non-hydrogen) atoms. The van der Waals surface area contributed by atoms with Crippen LogP contribution in [0.15, 0.2) is 158 Å². The van der Waals surface area contributed by atoms with E-state index < -0.39 is 96.1 Å². The zero-order chi connectivity index (χ0) is 65.8. The number of aliphatic carboxylic acids is 2. The van der Waals surface area contributed by atoms with E-state index in [9.17, 15) is 84.9 Å². The van der Waals surface area contributed by atoms with Crippen molar-refractivity contribution >= 4 is 72.9 Å². The van der Waals surface area contributed by atoms with E-state index in [-0.39, 0.29) is 111 Å². The Hall–Kier alpha value is -7.70. The van der Waals surface area contributed by atoms with E-state index in [2.05, 4.69) is 10.6 Å². The zero-order valence-electron chi connectivity index (χ0n) is 50.0. The van der Waals surface area contributed by atoms with Crippen molar-refractivity contribution in [1.29, 1.82) is 0 Å². The maximum Gasteiger partial charge on any atom is 2.00 e. The van der Waals surface area contributed by atoms with E-state index >= 15 is 0 Å². The number of halogens is 8. The van der Waals surface area contributed by atoms with E-state index in [1.807, 2.05) is 36.8 Å². The van der Waals surface area contributed by atoms with Crippen LogP contribution < -0.4 is 20.8 Å². The summed E-state index contributed by atoms with van der Waals surface area (Å²) in [4.78, 5) is 50.0. The number of amides is 2. The van der Waals surface area contributed by atoms with Crippen LogP contribution in [-0.4, -0.2) is 115 Å². The molecule has 2 heterocycles. The molecule has 23 heteroatoms. The quantitative estimate of drug-likeness (QED) is 0.0248. The first-order valence-corrected chi connectivity index (χ1v) is 28.8. The summed E-state index contributed by atoms with van der Waals surface area (Å²) in [6.45, 7) is 7.72. The predicted octanol–water partition coefficient (Wildman–Crippen LogP) is 11.6. The molecule has 2 amide bonds. The fourth-order valence-electron chi connectivity index (χ4n) is 10.8. The largest absolute Gasteiger partial charge is 2.00 e. The number of aromatic nitrogens is 2. The van der Waals surface area contributed by atoms with Gasteiger partial charge in [-0.2, -0.15) is 26.3 Å². The van der Waals surface area contributed by atoms with Crippen LogP contribution in [-0.2, 0) is 35.0 Å². The van der Waals surface area contributed by atoms with Crippen molar-refractivity contribution in [3.63, 3.8) is 0 Å². The molecule has 0 spiro atoms. The Kier molecular flexibility index (Phi) is 25.5. The van der Waals surface area contributed by atoms with Gasteiger partial charge < -0.3 is 60.0 Å². The fraction of sp³-hybridized carbons (Fsp3) is 0.294. The number of nitrogens with zero attached hydrogens (tertiary/aromatic N) is 2. The summed E-state index contributed by atoms with van der Waals surface area (Å²) in [6, 6.07) is 37.5. The van der Waals surface area contributed by atoms with Crippen LogP contribution in [0.25, 0.3) is 44.8 Å². The normalized spacial score (nSPS) is 12.9. The second-order valence-corrected chi connectivity index (χ2v) is 22.2. The van der Waals surface area contributed by atoms with Crippen LogP contribution in [0.3, 0.4) is 0 Å². The Morgan fingerprint density at radius 1 is 0.451 bits per heavy atom. The molecule has 0 fully saturated rings. The van der Waals surface area contributed by atoms with Gasteiger partial charge in [-0.15, -0.1) is 0 Å². The van der Waals surface area contributed by atoms with Gasteiger partial charge in [0.1, 0.15) is 11.6 Å². The molecule has 0 aliphatic heterocycles. The Morgan fingerprint density at radius 3 is 1.03 bits per heavy atom. The fourth-order valence-corrected chi connectivity index (χ4v) is 10.8. The maximum absolute atomic E-state index is 14.1. The Morgan fingerprint density at radius 2 is 0.758 bits per heavy atom. The van der Waals surface area contributed by atoms with Gasteiger partial charge in [-0.3, -0.25) is 9.59 Å². The summed E-state index contributed by atoms with van der Waals surface area (Å²) in [7, 11) is 0. The molecule has 0 radical (unpaired) electrons. The second-order valence-electron chi connectivity index (χ2n) is 22.2. The van der Waals surface area contributed by atoms with Gasteiger partial charge in [-0.05, 0) is 157 Å². The maximum atomic E-state index is 14.1. The van der Waals surface area contributed by atoms with Crippen molar-refractivity contribution in [2.24, 2.45) is 0 Å². The number of nitrogens with one attached hydrogen (secondary N) is 2. The molecule has 2 aromatic heterocycles. The number of anilines is 2. The third kappa shape index (κ3) is 19.2. The molecule has 6 N–H and O–H groups in total. The minimum atomic E-state index is -4.54. The SMILES string of the molecule is CC(C)c1c(C(=O)Nc2ccc(C(F)(F)F)cc2)c(-c2ccccc2)c(-c2ccc(F)cc2)n1CC[C@@H](O)C[C@@H](O)CC(=O)[O-].CC(C)c1c(C(=O)Nc2ccc(C(F)(F)F)cc2)c(-c2ccccc2)c(-c2ccc(F)cc2)n1CC[C@@H](O)C[C@@H](O)CC(=O)[O-].[Ca+2].